The Morgan fingerprint density at radius 3 is 2.49 bits per heavy atom. The minimum Gasteiger partial charge on any atom is -0.474 e. The first-order valence-electron chi connectivity index (χ1n) is 13.8. The molecule has 2 aliphatic heterocycles. The van der Waals surface area contributed by atoms with Crippen molar-refractivity contribution >= 4 is 35.1 Å². The number of nitrogens with zero attached hydrogens (tertiary/aromatic N) is 3. The van der Waals surface area contributed by atoms with Gasteiger partial charge >= 0.3 is 5.63 Å². The van der Waals surface area contributed by atoms with E-state index >= 15 is 0 Å². The zero-order chi connectivity index (χ0) is 29.5. The van der Waals surface area contributed by atoms with Crippen molar-refractivity contribution in [3.05, 3.63) is 117 Å². The third kappa shape index (κ3) is 4.45. The van der Waals surface area contributed by atoms with Crippen molar-refractivity contribution in [1.29, 1.82) is 0 Å². The lowest BCUT2D eigenvalue weighted by Gasteiger charge is -2.50. The molecule has 41 heavy (non-hydrogen) atoms. The van der Waals surface area contributed by atoms with Crippen LogP contribution in [0.5, 0.6) is 5.75 Å². The number of benzene rings is 2. The summed E-state index contributed by atoms with van der Waals surface area (Å²) >= 11 is 0. The second kappa shape index (κ2) is 10.5. The van der Waals surface area contributed by atoms with Gasteiger partial charge in [0.25, 0.3) is 5.69 Å². The molecule has 5 rings (SSSR count). The van der Waals surface area contributed by atoms with Gasteiger partial charge in [-0.15, -0.1) is 0 Å². The van der Waals surface area contributed by atoms with Gasteiger partial charge in [-0.3, -0.25) is 10.1 Å². The predicted octanol–water partition coefficient (Wildman–Crippen LogP) is 5.38. The molecule has 1 unspecified atom stereocenters. The highest BCUT2D eigenvalue weighted by Crippen LogP contribution is 2.57. The molecule has 0 N–H and O–H groups in total. The quantitative estimate of drug-likeness (QED) is 0.161. The summed E-state index contributed by atoms with van der Waals surface area (Å²) in [5.41, 5.74) is 2.42. The highest BCUT2D eigenvalue weighted by molar-refractivity contribution is 6.57. The van der Waals surface area contributed by atoms with Gasteiger partial charge in [0.1, 0.15) is 11.3 Å². The average molecular weight is 551 g/mol. The summed E-state index contributed by atoms with van der Waals surface area (Å²) in [5.74, 6) is 0.548. The van der Waals surface area contributed by atoms with Crippen molar-refractivity contribution in [3.63, 3.8) is 0 Å². The Morgan fingerprint density at radius 2 is 1.83 bits per heavy atom. The Hall–Kier alpha value is -4.53. The minimum absolute atomic E-state index is 0.00586. The second-order valence-corrected chi connectivity index (χ2v) is 10.9. The van der Waals surface area contributed by atoms with E-state index in [9.17, 15) is 14.9 Å². The number of hydrogen-bond donors (Lipinski definition) is 0. The molecule has 1 saturated heterocycles. The molecule has 1 fully saturated rings. The lowest BCUT2D eigenvalue weighted by atomic mass is 9.51. The average Bonchev–Trinajstić information content (AvgIpc) is 3.11. The maximum Gasteiger partial charge on any atom is 0.330 e. The summed E-state index contributed by atoms with van der Waals surface area (Å²) in [6.45, 7) is 18.2. The summed E-state index contributed by atoms with van der Waals surface area (Å²) < 4.78 is 12.8. The third-order valence-electron chi connectivity index (χ3n) is 8.43. The molecule has 9 heteroatoms. The fourth-order valence-corrected chi connectivity index (χ4v) is 6.22. The molecule has 1 atom stereocenters. The first-order chi connectivity index (χ1) is 19.6. The zero-order valence-corrected chi connectivity index (χ0v) is 24.0. The molecule has 0 bridgehead atoms. The zero-order valence-electron chi connectivity index (χ0n) is 24.0. The summed E-state index contributed by atoms with van der Waals surface area (Å²) in [6, 6.07) is 12.5. The number of rotatable bonds is 8. The van der Waals surface area contributed by atoms with Crippen LogP contribution in [0.4, 0.5) is 11.4 Å². The van der Waals surface area contributed by atoms with Gasteiger partial charge in [-0.2, -0.15) is 0 Å². The van der Waals surface area contributed by atoms with Crippen LogP contribution in [0.1, 0.15) is 33.3 Å². The second-order valence-electron chi connectivity index (χ2n) is 10.9. The van der Waals surface area contributed by atoms with Crippen molar-refractivity contribution in [2.75, 3.05) is 18.0 Å². The number of ether oxygens (including phenoxy) is 1. The van der Waals surface area contributed by atoms with E-state index < -0.39 is 21.6 Å². The maximum atomic E-state index is 13.5. The lowest BCUT2D eigenvalue weighted by molar-refractivity contribution is -0.385. The van der Waals surface area contributed by atoms with Crippen LogP contribution in [-0.4, -0.2) is 35.8 Å². The molecule has 1 aromatic heterocycles. The van der Waals surface area contributed by atoms with Gasteiger partial charge in [0.05, 0.1) is 4.92 Å². The highest BCUT2D eigenvalue weighted by Gasteiger charge is 2.62. The van der Waals surface area contributed by atoms with Crippen molar-refractivity contribution in [2.24, 2.45) is 5.41 Å². The van der Waals surface area contributed by atoms with Crippen LogP contribution in [0.3, 0.4) is 0 Å². The van der Waals surface area contributed by atoms with Crippen molar-refractivity contribution in [1.82, 2.24) is 4.90 Å². The molecule has 2 aliphatic rings. The molecule has 2 aromatic carbocycles. The number of allylic oxidation sites excluding steroid dienone is 5. The van der Waals surface area contributed by atoms with Gasteiger partial charge in [0.15, 0.2) is 5.62 Å². The van der Waals surface area contributed by atoms with E-state index in [1.165, 1.54) is 6.07 Å². The summed E-state index contributed by atoms with van der Waals surface area (Å²) in [5, 5.41) is 12.3. The Balaban J connectivity index is 1.68. The van der Waals surface area contributed by atoms with Gasteiger partial charge < -0.3 is 19.0 Å². The van der Waals surface area contributed by atoms with Crippen LogP contribution in [0.15, 0.2) is 100 Å². The molecule has 3 heterocycles. The van der Waals surface area contributed by atoms with Crippen LogP contribution in [0.2, 0.25) is 0 Å². The number of non-ortho nitro benzene ring substituents is 1. The SMILES string of the molecule is C=C/C=C1\C(=C/C=C)N2Cc3cc([N+](=O)[O-])ccc3OC2(Bc2cc3ccc(N(CC)CC)cc3oc2=O)C1(C)C. The van der Waals surface area contributed by atoms with Crippen LogP contribution in [-0.2, 0) is 6.54 Å². The van der Waals surface area contributed by atoms with Crippen LogP contribution >= 0.6 is 0 Å². The Morgan fingerprint density at radius 1 is 1.10 bits per heavy atom. The molecule has 0 radical (unpaired) electrons. The van der Waals surface area contributed by atoms with Gasteiger partial charge in [-0.1, -0.05) is 45.2 Å². The Bertz CT molecular complexity index is 1680. The minimum atomic E-state index is -1.04. The fourth-order valence-electron chi connectivity index (χ4n) is 6.22. The molecule has 0 spiro atoms. The van der Waals surface area contributed by atoms with E-state index in [1.54, 1.807) is 24.3 Å². The number of anilines is 1. The fraction of sp³-hybridized carbons (Fsp3) is 0.281. The number of hydrogen-bond acceptors (Lipinski definition) is 7. The predicted molar refractivity (Wildman–Crippen MR) is 165 cm³/mol. The molecule has 210 valence electrons. The van der Waals surface area contributed by atoms with Gasteiger partial charge in [0, 0.05) is 71.0 Å². The molecule has 0 saturated carbocycles. The number of nitro benzene ring substituents is 1. The summed E-state index contributed by atoms with van der Waals surface area (Å²) in [6.07, 6.45) is 7.29. The van der Waals surface area contributed by atoms with E-state index in [2.05, 4.69) is 50.7 Å². The summed E-state index contributed by atoms with van der Waals surface area (Å²) in [7, 11) is 0.218. The maximum absolute atomic E-state index is 13.5. The molecule has 0 amide bonds. The number of fused-ring (bicyclic) bond motifs is 3. The molecular weight excluding hydrogens is 517 g/mol. The summed E-state index contributed by atoms with van der Waals surface area (Å²) in [4.78, 5) is 28.9. The Labute approximate surface area is 240 Å². The third-order valence-corrected chi connectivity index (χ3v) is 8.43. The number of nitro groups is 1. The smallest absolute Gasteiger partial charge is 0.330 e. The first kappa shape index (κ1) is 28.0. The van der Waals surface area contributed by atoms with E-state index in [4.69, 9.17) is 9.15 Å². The normalized spacial score (nSPS) is 20.8. The highest BCUT2D eigenvalue weighted by atomic mass is 16.6. The topological polar surface area (TPSA) is 89.1 Å². The molecule has 0 aliphatic carbocycles. The largest absolute Gasteiger partial charge is 0.474 e. The Kier molecular flexibility index (Phi) is 7.15. The molecule has 3 aromatic rings. The van der Waals surface area contributed by atoms with Crippen LogP contribution < -0.4 is 20.7 Å². The van der Waals surface area contributed by atoms with Crippen LogP contribution in [0, 0.1) is 15.5 Å². The monoisotopic (exact) mass is 551 g/mol. The van der Waals surface area contributed by atoms with Crippen molar-refractivity contribution in [3.8, 4) is 5.75 Å². The van der Waals surface area contributed by atoms with E-state index in [-0.39, 0.29) is 13.0 Å². The standard InChI is InChI=1S/C32H34BN3O5/c1-7-11-25-27(12-8-2)35-20-22-17-24(36(38)39)15-16-28(22)41-32(35,31(25,5)6)33-26-18-21-13-14-23(34(9-3)10-4)19-29(21)40-30(26)37/h7-8,11-19,33H,1-2,9-10,20H2,3-6H3/b25-11+,27-12+. The molecular formula is C32H34BN3O5. The lowest BCUT2D eigenvalue weighted by Crippen LogP contribution is -2.66. The van der Waals surface area contributed by atoms with E-state index in [0.717, 1.165) is 35.4 Å². The van der Waals surface area contributed by atoms with Crippen molar-refractivity contribution < 1.29 is 14.1 Å². The first-order valence-corrected chi connectivity index (χ1v) is 13.8. The van der Waals surface area contributed by atoms with Gasteiger partial charge in [-0.05, 0) is 49.8 Å². The van der Waals surface area contributed by atoms with Crippen LogP contribution in [0.25, 0.3) is 11.0 Å². The van der Waals surface area contributed by atoms with Gasteiger partial charge in [0.2, 0.25) is 7.28 Å². The van der Waals surface area contributed by atoms with E-state index in [1.807, 2.05) is 36.4 Å². The van der Waals surface area contributed by atoms with Crippen molar-refractivity contribution in [2.45, 2.75) is 39.9 Å². The molecule has 8 nitrogen and oxygen atoms in total. The van der Waals surface area contributed by atoms with Gasteiger partial charge in [-0.25, -0.2) is 4.79 Å². The van der Waals surface area contributed by atoms with E-state index in [0.29, 0.717) is 28.9 Å².